The first-order valence-electron chi connectivity index (χ1n) is 9.18. The number of H-pyrrole nitrogens is 1. The molecular formula is C21H29N3O2. The van der Waals surface area contributed by atoms with Gasteiger partial charge in [0.2, 0.25) is 0 Å². The van der Waals surface area contributed by atoms with Crippen molar-refractivity contribution in [2.24, 2.45) is 0 Å². The molecule has 1 aromatic carbocycles. The fourth-order valence-electron chi connectivity index (χ4n) is 3.46. The van der Waals surface area contributed by atoms with Crippen LogP contribution < -0.4 is 10.3 Å². The topological polar surface area (TPSA) is 58.2 Å². The first-order valence-corrected chi connectivity index (χ1v) is 9.18. The maximum Gasteiger partial charge on any atom is 0.254 e. The third-order valence-electron chi connectivity index (χ3n) is 5.11. The molecule has 0 radical (unpaired) electrons. The first-order chi connectivity index (χ1) is 12.2. The van der Waals surface area contributed by atoms with Crippen LogP contribution in [0.25, 0.3) is 0 Å². The number of nitrogens with one attached hydrogen (secondary N) is 1. The molecule has 0 saturated heterocycles. The number of fused-ring (bicyclic) bond motifs is 1. The van der Waals surface area contributed by atoms with Gasteiger partial charge in [-0.1, -0.05) is 26.8 Å². The van der Waals surface area contributed by atoms with Crippen LogP contribution in [0.3, 0.4) is 0 Å². The van der Waals surface area contributed by atoms with Crippen LogP contribution in [0, 0.1) is 13.8 Å². The van der Waals surface area contributed by atoms with Crippen molar-refractivity contribution in [2.45, 2.75) is 59.5 Å². The second kappa shape index (κ2) is 6.88. The van der Waals surface area contributed by atoms with Gasteiger partial charge in [0.05, 0.1) is 12.8 Å². The van der Waals surface area contributed by atoms with Crippen molar-refractivity contribution >= 4 is 0 Å². The summed E-state index contributed by atoms with van der Waals surface area (Å²) in [6, 6.07) is 4.30. The largest absolute Gasteiger partial charge is 0.496 e. The minimum absolute atomic E-state index is 0.0241. The van der Waals surface area contributed by atoms with Crippen molar-refractivity contribution in [3.05, 3.63) is 56.3 Å². The Kier molecular flexibility index (Phi) is 4.93. The van der Waals surface area contributed by atoms with E-state index in [-0.39, 0.29) is 11.0 Å². The molecule has 1 aromatic heterocycles. The number of methoxy groups -OCH3 is 1. The monoisotopic (exact) mass is 355 g/mol. The summed E-state index contributed by atoms with van der Waals surface area (Å²) >= 11 is 0. The van der Waals surface area contributed by atoms with Gasteiger partial charge < -0.3 is 9.72 Å². The first kappa shape index (κ1) is 18.6. The lowest BCUT2D eigenvalue weighted by atomic mass is 9.94. The maximum atomic E-state index is 12.4. The quantitative estimate of drug-likeness (QED) is 0.918. The molecule has 0 amide bonds. The van der Waals surface area contributed by atoms with E-state index in [0.29, 0.717) is 6.54 Å². The van der Waals surface area contributed by atoms with Crippen LogP contribution in [0.15, 0.2) is 16.9 Å². The molecule has 2 aromatic rings. The molecule has 0 atom stereocenters. The lowest BCUT2D eigenvalue weighted by molar-refractivity contribution is 0.238. The average molecular weight is 355 g/mol. The molecule has 3 rings (SSSR count). The summed E-state index contributed by atoms with van der Waals surface area (Å²) in [7, 11) is 1.71. The van der Waals surface area contributed by atoms with E-state index in [2.05, 4.69) is 56.6 Å². The summed E-state index contributed by atoms with van der Waals surface area (Å²) in [6.07, 6.45) is 0.746. The van der Waals surface area contributed by atoms with Crippen molar-refractivity contribution in [1.82, 2.24) is 14.9 Å². The summed E-state index contributed by atoms with van der Waals surface area (Å²) in [5.74, 6) is 1.69. The van der Waals surface area contributed by atoms with Crippen molar-refractivity contribution in [2.75, 3.05) is 13.7 Å². The average Bonchev–Trinajstić information content (AvgIpc) is 2.56. The van der Waals surface area contributed by atoms with Crippen LogP contribution >= 0.6 is 0 Å². The van der Waals surface area contributed by atoms with Crippen LogP contribution in [-0.4, -0.2) is 28.5 Å². The van der Waals surface area contributed by atoms with Crippen LogP contribution in [0.5, 0.6) is 5.75 Å². The maximum absolute atomic E-state index is 12.4. The Balaban J connectivity index is 1.86. The molecule has 0 spiro atoms. The van der Waals surface area contributed by atoms with Crippen LogP contribution in [0.1, 0.15) is 54.5 Å². The highest BCUT2D eigenvalue weighted by Crippen LogP contribution is 2.25. The predicted molar refractivity (Wildman–Crippen MR) is 104 cm³/mol. The summed E-state index contributed by atoms with van der Waals surface area (Å²) in [5, 5.41) is 0. The van der Waals surface area contributed by atoms with Crippen LogP contribution in [0.4, 0.5) is 0 Å². The lowest BCUT2D eigenvalue weighted by Crippen LogP contribution is -2.36. The summed E-state index contributed by atoms with van der Waals surface area (Å²) in [6.45, 7) is 12.9. The molecule has 0 unspecified atom stereocenters. The molecule has 5 nitrogen and oxygen atoms in total. The van der Waals surface area contributed by atoms with Crippen molar-refractivity contribution < 1.29 is 4.74 Å². The van der Waals surface area contributed by atoms with Crippen LogP contribution in [0.2, 0.25) is 0 Å². The molecule has 0 aliphatic carbocycles. The molecule has 0 fully saturated rings. The highest BCUT2D eigenvalue weighted by molar-refractivity contribution is 5.41. The molecule has 1 N–H and O–H groups in total. The summed E-state index contributed by atoms with van der Waals surface area (Å²) < 4.78 is 5.41. The molecule has 1 aliphatic heterocycles. The second-order valence-electron chi connectivity index (χ2n) is 8.30. The fourth-order valence-corrected chi connectivity index (χ4v) is 3.46. The fraction of sp³-hybridized carbons (Fsp3) is 0.524. The van der Waals surface area contributed by atoms with Crippen molar-refractivity contribution in [3.63, 3.8) is 0 Å². The van der Waals surface area contributed by atoms with E-state index >= 15 is 0 Å². The van der Waals surface area contributed by atoms with E-state index in [4.69, 9.17) is 9.72 Å². The van der Waals surface area contributed by atoms with E-state index in [9.17, 15) is 4.79 Å². The molecule has 140 valence electrons. The van der Waals surface area contributed by atoms with Crippen LogP contribution in [-0.2, 0) is 24.9 Å². The van der Waals surface area contributed by atoms with Gasteiger partial charge in [0.15, 0.2) is 0 Å². The SMILES string of the molecule is COc1cc(C)c(CN2CCc3c(nc(C(C)(C)C)[nH]c3=O)C2)cc1C. The minimum Gasteiger partial charge on any atom is -0.496 e. The Labute approximate surface area is 155 Å². The highest BCUT2D eigenvalue weighted by Gasteiger charge is 2.25. The zero-order valence-electron chi connectivity index (χ0n) is 16.7. The number of nitrogens with zero attached hydrogens (tertiary/aromatic N) is 2. The number of hydrogen-bond acceptors (Lipinski definition) is 4. The highest BCUT2D eigenvalue weighted by atomic mass is 16.5. The predicted octanol–water partition coefficient (Wildman–Crippen LogP) is 3.25. The van der Waals surface area contributed by atoms with Crippen molar-refractivity contribution in [1.29, 1.82) is 0 Å². The van der Waals surface area contributed by atoms with Gasteiger partial charge in [-0.15, -0.1) is 0 Å². The number of aryl methyl sites for hydroxylation is 2. The van der Waals surface area contributed by atoms with Gasteiger partial charge in [-0.2, -0.15) is 0 Å². The summed E-state index contributed by atoms with van der Waals surface area (Å²) in [4.78, 5) is 22.6. The Morgan fingerprint density at radius 3 is 2.62 bits per heavy atom. The molecular weight excluding hydrogens is 326 g/mol. The lowest BCUT2D eigenvalue weighted by Gasteiger charge is -2.29. The molecule has 5 heteroatoms. The smallest absolute Gasteiger partial charge is 0.254 e. The van der Waals surface area contributed by atoms with E-state index in [1.54, 1.807) is 7.11 Å². The Morgan fingerprint density at radius 1 is 1.23 bits per heavy atom. The Hall–Kier alpha value is -2.14. The number of hydrogen-bond donors (Lipinski definition) is 1. The number of aromatic amines is 1. The Morgan fingerprint density at radius 2 is 1.96 bits per heavy atom. The second-order valence-corrected chi connectivity index (χ2v) is 8.30. The zero-order chi connectivity index (χ0) is 19.1. The third-order valence-corrected chi connectivity index (χ3v) is 5.11. The standard InChI is InChI=1S/C21H29N3O2/c1-13-10-18(26-6)14(2)9-15(13)11-24-8-7-16-17(12-24)22-20(21(3,4)5)23-19(16)25/h9-10H,7-8,11-12H2,1-6H3,(H,22,23,25). The van der Waals surface area contributed by atoms with Gasteiger partial charge in [-0.25, -0.2) is 4.98 Å². The molecule has 26 heavy (non-hydrogen) atoms. The van der Waals surface area contributed by atoms with Crippen molar-refractivity contribution in [3.8, 4) is 5.75 Å². The van der Waals surface area contributed by atoms with Gasteiger partial charge in [-0.05, 0) is 43.0 Å². The number of benzene rings is 1. The Bertz CT molecular complexity index is 878. The van der Waals surface area contributed by atoms with Gasteiger partial charge in [0.1, 0.15) is 11.6 Å². The normalized spacial score (nSPS) is 15.0. The molecule has 2 heterocycles. The third kappa shape index (κ3) is 3.68. The number of ether oxygens (including phenoxy) is 1. The van der Waals surface area contributed by atoms with E-state index in [1.165, 1.54) is 11.1 Å². The van der Waals surface area contributed by atoms with Gasteiger partial charge in [-0.3, -0.25) is 9.69 Å². The van der Waals surface area contributed by atoms with E-state index in [0.717, 1.165) is 47.9 Å². The minimum atomic E-state index is -0.167. The number of rotatable bonds is 3. The zero-order valence-corrected chi connectivity index (χ0v) is 16.7. The van der Waals surface area contributed by atoms with E-state index in [1.807, 2.05) is 0 Å². The molecule has 1 aliphatic rings. The number of aromatic nitrogens is 2. The van der Waals surface area contributed by atoms with Gasteiger partial charge in [0, 0.05) is 30.6 Å². The van der Waals surface area contributed by atoms with Gasteiger partial charge in [0.25, 0.3) is 5.56 Å². The molecule has 0 saturated carbocycles. The van der Waals surface area contributed by atoms with Gasteiger partial charge >= 0.3 is 0 Å². The molecule has 0 bridgehead atoms. The summed E-state index contributed by atoms with van der Waals surface area (Å²) in [5.41, 5.74) is 5.30. The van der Waals surface area contributed by atoms with E-state index < -0.39 is 0 Å².